The molecule has 5 rings (SSSR count). The molecule has 3 N–H and O–H groups in total. The van der Waals surface area contributed by atoms with Gasteiger partial charge >= 0.3 is 11.9 Å². The highest BCUT2D eigenvalue weighted by atomic mass is 16.8. The Morgan fingerprint density at radius 3 is 1.56 bits per heavy atom. The molecule has 32 heavy (non-hydrogen) atoms. The van der Waals surface area contributed by atoms with E-state index in [2.05, 4.69) is 0 Å². The molecule has 2 saturated carbocycles. The Balaban J connectivity index is 1.21. The molecule has 0 radical (unpaired) electrons. The molecule has 5 fully saturated rings. The zero-order valence-corrected chi connectivity index (χ0v) is 17.9. The summed E-state index contributed by atoms with van der Waals surface area (Å²) in [5.74, 6) is -1.94. The van der Waals surface area contributed by atoms with E-state index in [9.17, 15) is 24.9 Å². The molecule has 10 heteroatoms. The second kappa shape index (κ2) is 9.15. The SMILES string of the molecule is O=C(O)C1CCC(C2OC3OC4C(CO)OC(C5CCC(C(=O)O)CC5)OC4C3O2)CC1. The second-order valence-electron chi connectivity index (χ2n) is 9.80. The van der Waals surface area contributed by atoms with Crippen LogP contribution in [0.2, 0.25) is 0 Å². The lowest BCUT2D eigenvalue weighted by molar-refractivity contribution is -0.318. The normalized spacial score (nSPS) is 48.7. The van der Waals surface area contributed by atoms with Crippen LogP contribution in [-0.4, -0.2) is 77.2 Å². The fourth-order valence-corrected chi connectivity index (χ4v) is 5.98. The Kier molecular flexibility index (Phi) is 6.43. The molecule has 7 atom stereocenters. The van der Waals surface area contributed by atoms with Gasteiger partial charge in [0.25, 0.3) is 0 Å². The Hall–Kier alpha value is -1.30. The maximum absolute atomic E-state index is 11.3. The molecule has 7 unspecified atom stereocenters. The van der Waals surface area contributed by atoms with Gasteiger partial charge in [0.15, 0.2) is 18.9 Å². The van der Waals surface area contributed by atoms with Crippen LogP contribution in [0.15, 0.2) is 0 Å². The van der Waals surface area contributed by atoms with Crippen molar-refractivity contribution >= 4 is 11.9 Å². The topological polar surface area (TPSA) is 141 Å². The van der Waals surface area contributed by atoms with Gasteiger partial charge in [0.1, 0.15) is 24.4 Å². The van der Waals surface area contributed by atoms with Gasteiger partial charge in [-0.2, -0.15) is 0 Å². The summed E-state index contributed by atoms with van der Waals surface area (Å²) in [6.45, 7) is -0.215. The largest absolute Gasteiger partial charge is 0.481 e. The lowest BCUT2D eigenvalue weighted by Gasteiger charge is -2.43. The highest BCUT2D eigenvalue weighted by Gasteiger charge is 2.59. The van der Waals surface area contributed by atoms with Crippen molar-refractivity contribution in [3.8, 4) is 0 Å². The van der Waals surface area contributed by atoms with Crippen LogP contribution in [-0.2, 0) is 33.3 Å². The minimum Gasteiger partial charge on any atom is -0.481 e. The Morgan fingerprint density at radius 2 is 1.06 bits per heavy atom. The molecule has 0 aromatic rings. The first-order valence-electron chi connectivity index (χ1n) is 11.8. The molecule has 0 aromatic heterocycles. The highest BCUT2D eigenvalue weighted by Crippen LogP contribution is 2.45. The summed E-state index contributed by atoms with van der Waals surface area (Å²) in [5.41, 5.74) is 0. The monoisotopic (exact) mass is 456 g/mol. The third-order valence-corrected chi connectivity index (χ3v) is 7.93. The Morgan fingerprint density at radius 1 is 0.594 bits per heavy atom. The number of carboxylic acids is 2. The van der Waals surface area contributed by atoms with E-state index in [1.165, 1.54) is 0 Å². The molecule has 5 aliphatic rings. The van der Waals surface area contributed by atoms with Gasteiger partial charge in [0.05, 0.1) is 18.4 Å². The first-order valence-corrected chi connectivity index (χ1v) is 11.8. The van der Waals surface area contributed by atoms with Crippen molar-refractivity contribution < 1.29 is 48.6 Å². The highest BCUT2D eigenvalue weighted by molar-refractivity contribution is 5.70. The van der Waals surface area contributed by atoms with E-state index < -0.39 is 55.2 Å². The molecular formula is C22H32O10. The summed E-state index contributed by atoms with van der Waals surface area (Å²) in [4.78, 5) is 22.5. The number of carboxylic acid groups (broad SMARTS) is 2. The number of ether oxygens (including phenoxy) is 5. The summed E-state index contributed by atoms with van der Waals surface area (Å²) in [6, 6.07) is 0. The fourth-order valence-electron chi connectivity index (χ4n) is 5.98. The predicted molar refractivity (Wildman–Crippen MR) is 105 cm³/mol. The minimum atomic E-state index is -0.755. The van der Waals surface area contributed by atoms with E-state index in [4.69, 9.17) is 23.7 Å². The van der Waals surface area contributed by atoms with Crippen molar-refractivity contribution in [1.29, 1.82) is 0 Å². The third-order valence-electron chi connectivity index (χ3n) is 7.93. The molecule has 0 amide bonds. The van der Waals surface area contributed by atoms with Crippen LogP contribution < -0.4 is 0 Å². The summed E-state index contributed by atoms with van der Waals surface area (Å²) in [5, 5.41) is 28.3. The van der Waals surface area contributed by atoms with Crippen LogP contribution in [0.4, 0.5) is 0 Å². The van der Waals surface area contributed by atoms with E-state index in [0.29, 0.717) is 38.5 Å². The van der Waals surface area contributed by atoms with E-state index in [1.54, 1.807) is 0 Å². The smallest absolute Gasteiger partial charge is 0.306 e. The number of hydrogen-bond acceptors (Lipinski definition) is 8. The van der Waals surface area contributed by atoms with Crippen molar-refractivity contribution in [3.63, 3.8) is 0 Å². The number of aliphatic hydroxyl groups is 1. The molecule has 10 nitrogen and oxygen atoms in total. The summed E-state index contributed by atoms with van der Waals surface area (Å²) < 4.78 is 30.6. The number of rotatable bonds is 5. The van der Waals surface area contributed by atoms with Crippen molar-refractivity contribution in [2.24, 2.45) is 23.7 Å². The minimum absolute atomic E-state index is 0.0593. The number of aliphatic hydroxyl groups excluding tert-OH is 1. The zero-order chi connectivity index (χ0) is 22.4. The molecule has 3 saturated heterocycles. The van der Waals surface area contributed by atoms with E-state index in [1.807, 2.05) is 0 Å². The van der Waals surface area contributed by atoms with Gasteiger partial charge in [-0.3, -0.25) is 9.59 Å². The summed E-state index contributed by atoms with van der Waals surface area (Å²) >= 11 is 0. The van der Waals surface area contributed by atoms with Crippen LogP contribution >= 0.6 is 0 Å². The maximum atomic E-state index is 11.3. The molecular weight excluding hydrogens is 424 g/mol. The molecule has 3 heterocycles. The van der Waals surface area contributed by atoms with Gasteiger partial charge in [-0.25, -0.2) is 0 Å². The summed E-state index contributed by atoms with van der Waals surface area (Å²) in [6.07, 6.45) is 1.73. The average molecular weight is 456 g/mol. The van der Waals surface area contributed by atoms with Crippen LogP contribution in [0.1, 0.15) is 51.4 Å². The predicted octanol–water partition coefficient (Wildman–Crippen LogP) is 1.34. The number of carbonyl (C=O) groups is 2. The molecule has 0 spiro atoms. The molecule has 0 aromatic carbocycles. The van der Waals surface area contributed by atoms with Crippen molar-refractivity contribution in [3.05, 3.63) is 0 Å². The molecule has 3 aliphatic heterocycles. The van der Waals surface area contributed by atoms with Gasteiger partial charge in [-0.1, -0.05) is 0 Å². The van der Waals surface area contributed by atoms with Crippen LogP contribution in [0.5, 0.6) is 0 Å². The zero-order valence-electron chi connectivity index (χ0n) is 17.9. The summed E-state index contributed by atoms with van der Waals surface area (Å²) in [7, 11) is 0. The quantitative estimate of drug-likeness (QED) is 0.555. The van der Waals surface area contributed by atoms with Gasteiger partial charge < -0.3 is 39.0 Å². The van der Waals surface area contributed by atoms with Gasteiger partial charge in [0.2, 0.25) is 0 Å². The van der Waals surface area contributed by atoms with Crippen LogP contribution in [0.25, 0.3) is 0 Å². The Labute approximate surface area is 186 Å². The fraction of sp³-hybridized carbons (Fsp3) is 0.909. The number of hydrogen-bond donors (Lipinski definition) is 3. The average Bonchev–Trinajstić information content (AvgIpc) is 3.37. The number of aliphatic carboxylic acids is 2. The lowest BCUT2D eigenvalue weighted by Crippen LogP contribution is -2.55. The number of fused-ring (bicyclic) bond motifs is 3. The van der Waals surface area contributed by atoms with Crippen molar-refractivity contribution in [1.82, 2.24) is 0 Å². The van der Waals surface area contributed by atoms with Gasteiger partial charge in [-0.15, -0.1) is 0 Å². The first kappa shape index (κ1) is 22.5. The van der Waals surface area contributed by atoms with E-state index in [0.717, 1.165) is 12.8 Å². The lowest BCUT2D eigenvalue weighted by atomic mass is 9.81. The van der Waals surface area contributed by atoms with E-state index in [-0.39, 0.29) is 30.3 Å². The molecule has 180 valence electrons. The van der Waals surface area contributed by atoms with Crippen LogP contribution in [0, 0.1) is 23.7 Å². The van der Waals surface area contributed by atoms with E-state index >= 15 is 0 Å². The molecule has 0 bridgehead atoms. The van der Waals surface area contributed by atoms with Gasteiger partial charge in [0, 0.05) is 11.8 Å². The first-order chi connectivity index (χ1) is 15.4. The Bertz CT molecular complexity index is 699. The standard InChI is InChI=1S/C22H32O10/c23-9-14-15-16(30-20(28-14)12-5-1-10(2-6-12)18(24)25)17-22(29-15)32-21(31-17)13-7-3-11(4-8-13)19(26)27/h10-17,20-23H,1-9H2,(H,24,25)(H,26,27). The van der Waals surface area contributed by atoms with Crippen LogP contribution in [0.3, 0.4) is 0 Å². The maximum Gasteiger partial charge on any atom is 0.306 e. The third kappa shape index (κ3) is 4.17. The van der Waals surface area contributed by atoms with Crippen molar-refractivity contribution in [2.75, 3.05) is 6.61 Å². The molecule has 2 aliphatic carbocycles. The second-order valence-corrected chi connectivity index (χ2v) is 9.80. The van der Waals surface area contributed by atoms with Crippen molar-refractivity contribution in [2.45, 2.75) is 94.7 Å². The van der Waals surface area contributed by atoms with Gasteiger partial charge in [-0.05, 0) is 51.4 Å².